The first kappa shape index (κ1) is 11.5. The molecular weight excluding hydrogens is 248 g/mol. The number of aromatic nitrogens is 2. The third-order valence-electron chi connectivity index (χ3n) is 3.78. The molecule has 94 valence electrons. The molecule has 0 saturated carbocycles. The zero-order chi connectivity index (χ0) is 12.8. The third kappa shape index (κ3) is 1.37. The summed E-state index contributed by atoms with van der Waals surface area (Å²) in [6.07, 6.45) is 1.83. The molecule has 1 spiro atoms. The van der Waals surface area contributed by atoms with E-state index in [1.165, 1.54) is 0 Å². The molecule has 3 heterocycles. The molecule has 1 aromatic rings. The Hall–Kier alpha value is -1.61. The number of allylic oxidation sites excluding steroid dienone is 1. The molecule has 5 nitrogen and oxygen atoms in total. The van der Waals surface area contributed by atoms with Crippen LogP contribution in [0.2, 0.25) is 0 Å². The minimum atomic E-state index is -0.297. The highest BCUT2D eigenvalue weighted by atomic mass is 32.2. The van der Waals surface area contributed by atoms with Gasteiger partial charge >= 0.3 is 0 Å². The second-order valence-electron chi connectivity index (χ2n) is 4.68. The number of hydrogen-bond donors (Lipinski definition) is 2. The van der Waals surface area contributed by atoms with E-state index in [1.807, 2.05) is 18.7 Å². The van der Waals surface area contributed by atoms with Gasteiger partial charge in [0, 0.05) is 16.7 Å². The average Bonchev–Trinajstić information content (AvgIpc) is 2.73. The lowest BCUT2D eigenvalue weighted by Crippen LogP contribution is -2.38. The van der Waals surface area contributed by atoms with E-state index < -0.39 is 0 Å². The van der Waals surface area contributed by atoms with Gasteiger partial charge in [0.25, 0.3) is 0 Å². The summed E-state index contributed by atoms with van der Waals surface area (Å²) in [6.45, 7) is 1.97. The summed E-state index contributed by atoms with van der Waals surface area (Å²) in [4.78, 5) is 0. The van der Waals surface area contributed by atoms with Crippen molar-refractivity contribution < 1.29 is 4.74 Å². The van der Waals surface area contributed by atoms with Crippen LogP contribution in [0.4, 0.5) is 0 Å². The van der Waals surface area contributed by atoms with Gasteiger partial charge in [-0.3, -0.25) is 5.10 Å². The first-order valence-corrected chi connectivity index (χ1v) is 7.06. The summed E-state index contributed by atoms with van der Waals surface area (Å²) < 4.78 is 5.47. The molecule has 2 aliphatic heterocycles. The van der Waals surface area contributed by atoms with E-state index in [0.717, 1.165) is 35.6 Å². The second kappa shape index (κ2) is 3.95. The van der Waals surface area contributed by atoms with Gasteiger partial charge in [0.05, 0.1) is 0 Å². The largest absolute Gasteiger partial charge is 0.420 e. The average molecular weight is 262 g/mol. The number of aromatic amines is 1. The van der Waals surface area contributed by atoms with Crippen LogP contribution in [0.5, 0.6) is 5.88 Å². The Balaban J connectivity index is 2.24. The molecule has 0 bridgehead atoms. The number of hydrogen-bond acceptors (Lipinski definition) is 5. The predicted molar refractivity (Wildman–Crippen MR) is 69.0 cm³/mol. The fourth-order valence-electron chi connectivity index (χ4n) is 2.94. The van der Waals surface area contributed by atoms with Gasteiger partial charge in [-0.05, 0) is 31.3 Å². The smallest absolute Gasteiger partial charge is 0.244 e. The molecule has 0 atom stereocenters. The van der Waals surface area contributed by atoms with E-state index in [-0.39, 0.29) is 11.3 Å². The lowest BCUT2D eigenvalue weighted by atomic mass is 9.69. The molecule has 1 aromatic heterocycles. The van der Waals surface area contributed by atoms with Crippen molar-refractivity contribution in [3.63, 3.8) is 0 Å². The van der Waals surface area contributed by atoms with Crippen LogP contribution in [0.15, 0.2) is 11.5 Å². The van der Waals surface area contributed by atoms with Gasteiger partial charge in [-0.25, -0.2) is 0 Å². The van der Waals surface area contributed by atoms with Crippen LogP contribution in [0, 0.1) is 18.3 Å². The fraction of sp³-hybridized carbons (Fsp3) is 0.500. The highest BCUT2D eigenvalue weighted by Crippen LogP contribution is 2.50. The first-order valence-electron chi connectivity index (χ1n) is 5.90. The molecule has 3 rings (SSSR count). The zero-order valence-electron chi connectivity index (χ0n) is 10.1. The Morgan fingerprint density at radius 1 is 1.50 bits per heavy atom. The van der Waals surface area contributed by atoms with E-state index in [0.29, 0.717) is 11.5 Å². The Morgan fingerprint density at radius 2 is 2.22 bits per heavy atom. The maximum Gasteiger partial charge on any atom is 0.244 e. The van der Waals surface area contributed by atoms with Crippen molar-refractivity contribution in [1.82, 2.24) is 10.2 Å². The van der Waals surface area contributed by atoms with Crippen LogP contribution >= 0.6 is 11.8 Å². The third-order valence-corrected chi connectivity index (χ3v) is 4.77. The number of rotatable bonds is 0. The molecular formula is C12H14N4OS. The molecule has 0 aromatic carbocycles. The van der Waals surface area contributed by atoms with E-state index >= 15 is 0 Å². The summed E-state index contributed by atoms with van der Waals surface area (Å²) in [5.74, 6) is 2.81. The van der Waals surface area contributed by atoms with Crippen molar-refractivity contribution in [2.24, 2.45) is 5.73 Å². The fourth-order valence-corrected chi connectivity index (χ4v) is 4.13. The number of aryl methyl sites for hydroxylation is 1. The van der Waals surface area contributed by atoms with Crippen LogP contribution in [0.1, 0.15) is 24.1 Å². The number of ether oxygens (including phenoxy) is 1. The van der Waals surface area contributed by atoms with Crippen LogP contribution in [0.3, 0.4) is 0 Å². The second-order valence-corrected chi connectivity index (χ2v) is 5.90. The molecule has 1 fully saturated rings. The van der Waals surface area contributed by atoms with Gasteiger partial charge in [0.1, 0.15) is 11.6 Å². The van der Waals surface area contributed by atoms with Gasteiger partial charge < -0.3 is 10.5 Å². The van der Waals surface area contributed by atoms with Crippen molar-refractivity contribution in [1.29, 1.82) is 5.26 Å². The van der Waals surface area contributed by atoms with Crippen LogP contribution in [0.25, 0.3) is 0 Å². The zero-order valence-corrected chi connectivity index (χ0v) is 10.9. The highest BCUT2D eigenvalue weighted by molar-refractivity contribution is 7.99. The number of H-pyrrole nitrogens is 1. The summed E-state index contributed by atoms with van der Waals surface area (Å²) in [5.41, 5.74) is 8.16. The predicted octanol–water partition coefficient (Wildman–Crippen LogP) is 1.57. The number of thioether (sulfide) groups is 1. The number of fused-ring (bicyclic) bond motifs is 2. The minimum Gasteiger partial charge on any atom is -0.420 e. The van der Waals surface area contributed by atoms with Crippen LogP contribution in [-0.4, -0.2) is 21.7 Å². The molecule has 0 unspecified atom stereocenters. The standard InChI is InChI=1S/C12H14N4OS/c1-7-9-11(16-15-7)17-10(14)8(6-13)12(9)2-4-18-5-3-12/h2-5,14H2,1H3,(H,15,16). The Kier molecular flexibility index (Phi) is 2.52. The number of nitriles is 1. The van der Waals surface area contributed by atoms with Gasteiger partial charge in [0.15, 0.2) is 0 Å². The van der Waals surface area contributed by atoms with Crippen LogP contribution < -0.4 is 10.5 Å². The number of nitrogens with two attached hydrogens (primary N) is 1. The highest BCUT2D eigenvalue weighted by Gasteiger charge is 2.47. The Morgan fingerprint density at radius 3 is 2.89 bits per heavy atom. The van der Waals surface area contributed by atoms with E-state index in [1.54, 1.807) is 0 Å². The normalized spacial score (nSPS) is 21.3. The maximum atomic E-state index is 9.43. The SMILES string of the molecule is Cc1[nH]nc2c1C1(CCSCC1)C(C#N)=C(N)O2. The summed E-state index contributed by atoms with van der Waals surface area (Å²) in [6, 6.07) is 2.25. The quantitative estimate of drug-likeness (QED) is 0.741. The van der Waals surface area contributed by atoms with Crippen molar-refractivity contribution in [3.05, 3.63) is 22.7 Å². The van der Waals surface area contributed by atoms with E-state index in [9.17, 15) is 5.26 Å². The van der Waals surface area contributed by atoms with Gasteiger partial charge in [-0.1, -0.05) is 0 Å². The molecule has 1 saturated heterocycles. The molecule has 0 amide bonds. The van der Waals surface area contributed by atoms with E-state index in [2.05, 4.69) is 16.3 Å². The Labute approximate surface area is 109 Å². The summed E-state index contributed by atoms with van der Waals surface area (Å²) in [5, 5.41) is 16.5. The van der Waals surface area contributed by atoms with Gasteiger partial charge in [-0.15, -0.1) is 5.10 Å². The first-order chi connectivity index (χ1) is 8.69. The van der Waals surface area contributed by atoms with Crippen molar-refractivity contribution in [2.45, 2.75) is 25.2 Å². The number of nitrogens with one attached hydrogen (secondary N) is 1. The van der Waals surface area contributed by atoms with Crippen molar-refractivity contribution in [3.8, 4) is 11.9 Å². The lowest BCUT2D eigenvalue weighted by Gasteiger charge is -2.39. The summed E-state index contributed by atoms with van der Waals surface area (Å²) >= 11 is 1.92. The molecule has 2 aliphatic rings. The molecule has 6 heteroatoms. The topological polar surface area (TPSA) is 87.7 Å². The summed E-state index contributed by atoms with van der Waals surface area (Å²) in [7, 11) is 0. The Bertz CT molecular complexity index is 563. The van der Waals surface area contributed by atoms with Gasteiger partial charge in [-0.2, -0.15) is 17.0 Å². The van der Waals surface area contributed by atoms with Gasteiger partial charge in [0.2, 0.25) is 11.8 Å². The van der Waals surface area contributed by atoms with Crippen molar-refractivity contribution in [2.75, 3.05) is 11.5 Å². The molecule has 0 aliphatic carbocycles. The number of nitrogens with zero attached hydrogens (tertiary/aromatic N) is 2. The lowest BCUT2D eigenvalue weighted by molar-refractivity contribution is 0.329. The minimum absolute atomic E-state index is 0.211. The molecule has 0 radical (unpaired) electrons. The maximum absolute atomic E-state index is 9.43. The van der Waals surface area contributed by atoms with E-state index in [4.69, 9.17) is 10.5 Å². The molecule has 3 N–H and O–H groups in total. The van der Waals surface area contributed by atoms with Crippen LogP contribution in [-0.2, 0) is 5.41 Å². The van der Waals surface area contributed by atoms with Crippen molar-refractivity contribution >= 4 is 11.8 Å². The monoisotopic (exact) mass is 262 g/mol. The molecule has 18 heavy (non-hydrogen) atoms.